The van der Waals surface area contributed by atoms with Crippen molar-refractivity contribution in [3.63, 3.8) is 0 Å². The second-order valence-electron chi connectivity index (χ2n) is 4.93. The fourth-order valence-electron chi connectivity index (χ4n) is 1.35. The molecule has 21 heavy (non-hydrogen) atoms. The molecule has 0 unspecified atom stereocenters. The van der Waals surface area contributed by atoms with E-state index in [0.29, 0.717) is 0 Å². The maximum absolute atomic E-state index is 11.1. The number of phosphoric ester groups is 1. The van der Waals surface area contributed by atoms with Crippen molar-refractivity contribution in [2.24, 2.45) is 0 Å². The molecule has 0 aliphatic rings. The first-order chi connectivity index (χ1) is 9.93. The molecule has 0 bridgehead atoms. The first-order valence-electron chi connectivity index (χ1n) is 7.57. The number of rotatable bonds is 8. The second kappa shape index (κ2) is 11.9. The van der Waals surface area contributed by atoms with E-state index in [1.54, 1.807) is 0 Å². The smallest absolute Gasteiger partial charge is 0.302 e. The van der Waals surface area contributed by atoms with Crippen LogP contribution in [-0.2, 0) is 13.6 Å². The van der Waals surface area contributed by atoms with Gasteiger partial charge in [-0.15, -0.1) is 0 Å². The van der Waals surface area contributed by atoms with E-state index in [2.05, 4.69) is 38.1 Å². The summed E-state index contributed by atoms with van der Waals surface area (Å²) in [4.78, 5) is 9.08. The largest absolute Gasteiger partial charge is 0.472 e. The molecular formula is C16H29O4P. The molecule has 4 nitrogen and oxygen atoms in total. The van der Waals surface area contributed by atoms with Crippen molar-refractivity contribution >= 4 is 7.82 Å². The lowest BCUT2D eigenvalue weighted by Gasteiger charge is -2.10. The Hall–Kier alpha value is -0.670. The van der Waals surface area contributed by atoms with Crippen LogP contribution in [0.2, 0.25) is 0 Å². The summed E-state index contributed by atoms with van der Waals surface area (Å²) in [6.45, 7) is 8.80. The highest BCUT2D eigenvalue weighted by Crippen LogP contribution is 2.43. The molecule has 1 rings (SSSR count). The van der Waals surface area contributed by atoms with Gasteiger partial charge in [0.05, 0.1) is 13.2 Å². The highest BCUT2D eigenvalue weighted by Gasteiger charge is 2.19. The van der Waals surface area contributed by atoms with Crippen LogP contribution >= 0.6 is 7.82 Å². The zero-order valence-corrected chi connectivity index (χ0v) is 14.6. The van der Waals surface area contributed by atoms with Gasteiger partial charge in [0, 0.05) is 0 Å². The topological polar surface area (TPSA) is 55.8 Å². The average Bonchev–Trinajstić information content (AvgIpc) is 2.43. The Morgan fingerprint density at radius 3 is 1.62 bits per heavy atom. The van der Waals surface area contributed by atoms with Gasteiger partial charge < -0.3 is 4.89 Å². The Kier molecular flexibility index (Phi) is 11.6. The molecule has 1 aromatic carbocycles. The predicted octanol–water partition coefficient (Wildman–Crippen LogP) is 5.02. The summed E-state index contributed by atoms with van der Waals surface area (Å²) in [6.07, 6.45) is 3.44. The normalized spacial score (nSPS) is 10.9. The van der Waals surface area contributed by atoms with Crippen molar-refractivity contribution < 1.29 is 18.5 Å². The number of phosphoric acid groups is 1. The fraction of sp³-hybridized carbons (Fsp3) is 0.625. The molecule has 0 heterocycles. The minimum atomic E-state index is -3.75. The first-order valence-corrected chi connectivity index (χ1v) is 9.06. The van der Waals surface area contributed by atoms with E-state index in [1.807, 2.05) is 13.8 Å². The van der Waals surface area contributed by atoms with Crippen LogP contribution in [0.5, 0.6) is 0 Å². The van der Waals surface area contributed by atoms with Crippen molar-refractivity contribution in [3.8, 4) is 0 Å². The summed E-state index contributed by atoms with van der Waals surface area (Å²) in [7, 11) is -3.75. The summed E-state index contributed by atoms with van der Waals surface area (Å²) in [6, 6.07) is 8.36. The highest BCUT2D eigenvalue weighted by atomic mass is 31.2. The third-order valence-electron chi connectivity index (χ3n) is 2.93. The summed E-state index contributed by atoms with van der Waals surface area (Å²) < 4.78 is 20.5. The zero-order chi connectivity index (χ0) is 16.1. The van der Waals surface area contributed by atoms with Crippen LogP contribution in [-0.4, -0.2) is 18.1 Å². The molecule has 1 aromatic rings. The van der Waals surface area contributed by atoms with E-state index in [0.717, 1.165) is 25.7 Å². The SMILES string of the molecule is CCCCOP(=O)(O)OCCCC.Cc1ccccc1C. The Morgan fingerprint density at radius 1 is 0.952 bits per heavy atom. The Morgan fingerprint density at radius 2 is 1.33 bits per heavy atom. The molecule has 122 valence electrons. The molecule has 0 atom stereocenters. The molecule has 0 radical (unpaired) electrons. The van der Waals surface area contributed by atoms with Crippen LogP contribution in [0.25, 0.3) is 0 Å². The lowest BCUT2D eigenvalue weighted by Crippen LogP contribution is -1.98. The van der Waals surface area contributed by atoms with E-state index < -0.39 is 7.82 Å². The lowest BCUT2D eigenvalue weighted by atomic mass is 10.1. The molecule has 0 amide bonds. The number of hydrogen-bond acceptors (Lipinski definition) is 3. The second-order valence-corrected chi connectivity index (χ2v) is 6.38. The third-order valence-corrected chi connectivity index (χ3v) is 3.95. The van der Waals surface area contributed by atoms with Crippen LogP contribution in [0.15, 0.2) is 24.3 Å². The predicted molar refractivity (Wildman–Crippen MR) is 87.5 cm³/mol. The van der Waals surface area contributed by atoms with E-state index >= 15 is 0 Å². The summed E-state index contributed by atoms with van der Waals surface area (Å²) in [5, 5.41) is 0. The maximum atomic E-state index is 11.1. The third kappa shape index (κ3) is 11.6. The van der Waals surface area contributed by atoms with Gasteiger partial charge in [0.1, 0.15) is 0 Å². The minimum Gasteiger partial charge on any atom is -0.302 e. The van der Waals surface area contributed by atoms with Crippen LogP contribution in [0, 0.1) is 13.8 Å². The molecule has 1 N–H and O–H groups in total. The number of unbranched alkanes of at least 4 members (excludes halogenated alkanes) is 2. The summed E-state index contributed by atoms with van der Waals surface area (Å²) in [5.41, 5.74) is 2.74. The van der Waals surface area contributed by atoms with Gasteiger partial charge in [0.2, 0.25) is 0 Å². The van der Waals surface area contributed by atoms with Crippen molar-refractivity contribution in [1.29, 1.82) is 0 Å². The van der Waals surface area contributed by atoms with Gasteiger partial charge in [-0.05, 0) is 37.8 Å². The number of aryl methyl sites for hydroxylation is 2. The van der Waals surface area contributed by atoms with Crippen LogP contribution in [0.1, 0.15) is 50.7 Å². The van der Waals surface area contributed by atoms with E-state index in [1.165, 1.54) is 11.1 Å². The lowest BCUT2D eigenvalue weighted by molar-refractivity contribution is 0.146. The van der Waals surface area contributed by atoms with E-state index in [4.69, 9.17) is 13.9 Å². The van der Waals surface area contributed by atoms with Crippen molar-refractivity contribution in [2.75, 3.05) is 13.2 Å². The van der Waals surface area contributed by atoms with Crippen molar-refractivity contribution in [3.05, 3.63) is 35.4 Å². The van der Waals surface area contributed by atoms with Crippen LogP contribution in [0.4, 0.5) is 0 Å². The van der Waals surface area contributed by atoms with E-state index in [-0.39, 0.29) is 13.2 Å². The van der Waals surface area contributed by atoms with Gasteiger partial charge in [-0.25, -0.2) is 4.57 Å². The van der Waals surface area contributed by atoms with Gasteiger partial charge in [-0.2, -0.15) is 0 Å². The summed E-state index contributed by atoms with van der Waals surface area (Å²) >= 11 is 0. The van der Waals surface area contributed by atoms with Crippen molar-refractivity contribution in [2.45, 2.75) is 53.4 Å². The minimum absolute atomic E-state index is 0.288. The number of hydrogen-bond donors (Lipinski definition) is 1. The Balaban J connectivity index is 0.000000423. The quantitative estimate of drug-likeness (QED) is 0.540. The number of benzene rings is 1. The van der Waals surface area contributed by atoms with Crippen LogP contribution < -0.4 is 0 Å². The molecule has 0 aliphatic carbocycles. The molecular weight excluding hydrogens is 287 g/mol. The van der Waals surface area contributed by atoms with Gasteiger partial charge in [-0.1, -0.05) is 51.0 Å². The molecule has 0 saturated heterocycles. The molecule has 5 heteroatoms. The Labute approximate surface area is 129 Å². The van der Waals surface area contributed by atoms with Gasteiger partial charge in [-0.3, -0.25) is 9.05 Å². The molecule has 0 saturated carbocycles. The van der Waals surface area contributed by atoms with Crippen LogP contribution in [0.3, 0.4) is 0 Å². The van der Waals surface area contributed by atoms with Crippen molar-refractivity contribution in [1.82, 2.24) is 0 Å². The fourth-order valence-corrected chi connectivity index (χ4v) is 2.14. The first kappa shape index (κ1) is 20.3. The zero-order valence-electron chi connectivity index (χ0n) is 13.7. The standard InChI is InChI=1S/C8H19O4P.C8H10/c1-3-5-7-11-13(9,10)12-8-6-4-2;1-7-5-3-4-6-8(7)2/h3-8H2,1-2H3,(H,9,10);3-6H,1-2H3. The average molecular weight is 316 g/mol. The summed E-state index contributed by atoms with van der Waals surface area (Å²) in [5.74, 6) is 0. The van der Waals surface area contributed by atoms with Gasteiger partial charge >= 0.3 is 7.82 Å². The van der Waals surface area contributed by atoms with Gasteiger partial charge in [0.25, 0.3) is 0 Å². The Bertz CT molecular complexity index is 385. The maximum Gasteiger partial charge on any atom is 0.472 e. The molecule has 0 aromatic heterocycles. The van der Waals surface area contributed by atoms with E-state index in [9.17, 15) is 4.57 Å². The van der Waals surface area contributed by atoms with Gasteiger partial charge in [0.15, 0.2) is 0 Å². The highest BCUT2D eigenvalue weighted by molar-refractivity contribution is 7.47. The molecule has 0 fully saturated rings. The monoisotopic (exact) mass is 316 g/mol. The molecule has 0 aliphatic heterocycles. The molecule has 0 spiro atoms.